The molecular formula is C13H16ClNO. The second kappa shape index (κ2) is 4.88. The number of aryl methyl sites for hydroxylation is 1. The molecule has 0 bridgehead atoms. The average molecular weight is 238 g/mol. The van der Waals surface area contributed by atoms with Crippen molar-refractivity contribution in [2.24, 2.45) is 0 Å². The number of halogens is 1. The molecule has 1 atom stereocenters. The Morgan fingerprint density at radius 2 is 2.25 bits per heavy atom. The van der Waals surface area contributed by atoms with Crippen molar-refractivity contribution < 1.29 is 4.79 Å². The lowest BCUT2D eigenvalue weighted by atomic mass is 10.1. The monoisotopic (exact) mass is 237 g/mol. The van der Waals surface area contributed by atoms with E-state index in [4.69, 9.17) is 11.6 Å². The van der Waals surface area contributed by atoms with Crippen LogP contribution in [0.15, 0.2) is 24.3 Å². The van der Waals surface area contributed by atoms with Crippen molar-refractivity contribution in [3.05, 3.63) is 35.4 Å². The Kier molecular flexibility index (Phi) is 3.49. The van der Waals surface area contributed by atoms with Gasteiger partial charge in [-0.3, -0.25) is 4.79 Å². The van der Waals surface area contributed by atoms with Gasteiger partial charge in [0.1, 0.15) is 0 Å². The molecule has 0 N–H and O–H groups in total. The van der Waals surface area contributed by atoms with Gasteiger partial charge < -0.3 is 4.90 Å². The second-order valence-electron chi connectivity index (χ2n) is 4.20. The maximum atomic E-state index is 11.8. The van der Waals surface area contributed by atoms with Crippen molar-refractivity contribution >= 4 is 17.5 Å². The van der Waals surface area contributed by atoms with Gasteiger partial charge >= 0.3 is 0 Å². The van der Waals surface area contributed by atoms with Crippen LogP contribution in [0.2, 0.25) is 0 Å². The fraction of sp³-hybridized carbons (Fsp3) is 0.462. The molecule has 2 nitrogen and oxygen atoms in total. The van der Waals surface area contributed by atoms with Gasteiger partial charge in [-0.2, -0.15) is 0 Å². The third-order valence-corrected chi connectivity index (χ3v) is 3.46. The molecule has 1 aromatic rings. The minimum Gasteiger partial charge on any atom is -0.339 e. The molecule has 0 saturated heterocycles. The van der Waals surface area contributed by atoms with E-state index in [0.29, 0.717) is 12.3 Å². The third kappa shape index (κ3) is 2.07. The Bertz CT molecular complexity index is 391. The summed E-state index contributed by atoms with van der Waals surface area (Å²) >= 11 is 5.60. The van der Waals surface area contributed by atoms with Gasteiger partial charge in [0.15, 0.2) is 0 Å². The molecule has 0 saturated carbocycles. The third-order valence-electron chi connectivity index (χ3n) is 3.27. The van der Waals surface area contributed by atoms with Gasteiger partial charge in [-0.1, -0.05) is 24.3 Å². The highest BCUT2D eigenvalue weighted by Gasteiger charge is 2.27. The van der Waals surface area contributed by atoms with Crippen molar-refractivity contribution in [1.29, 1.82) is 0 Å². The minimum absolute atomic E-state index is 0.136. The summed E-state index contributed by atoms with van der Waals surface area (Å²) in [6.45, 7) is 0. The van der Waals surface area contributed by atoms with Crippen LogP contribution in [0.25, 0.3) is 0 Å². The molecular weight excluding hydrogens is 222 g/mol. The lowest BCUT2D eigenvalue weighted by Gasteiger charge is -2.25. The molecule has 2 rings (SSSR count). The van der Waals surface area contributed by atoms with Crippen molar-refractivity contribution in [1.82, 2.24) is 4.90 Å². The smallest absolute Gasteiger partial charge is 0.224 e. The molecule has 0 fully saturated rings. The fourth-order valence-electron chi connectivity index (χ4n) is 2.37. The van der Waals surface area contributed by atoms with Crippen LogP contribution in [-0.2, 0) is 11.2 Å². The van der Waals surface area contributed by atoms with Crippen molar-refractivity contribution in [3.63, 3.8) is 0 Å². The number of carbonyl (C=O) groups is 1. The highest BCUT2D eigenvalue weighted by Crippen LogP contribution is 2.34. The Balaban J connectivity index is 2.15. The number of alkyl halides is 1. The number of fused-ring (bicyclic) bond motifs is 1. The number of carbonyl (C=O) groups excluding carboxylic acids is 1. The predicted octanol–water partition coefficient (Wildman–Crippen LogP) is 2.76. The summed E-state index contributed by atoms with van der Waals surface area (Å²) in [6, 6.07) is 8.61. The van der Waals surface area contributed by atoms with Crippen molar-refractivity contribution in [3.8, 4) is 0 Å². The lowest BCUT2D eigenvalue weighted by molar-refractivity contribution is -0.131. The topological polar surface area (TPSA) is 20.3 Å². The number of amides is 1. The van der Waals surface area contributed by atoms with Crippen LogP contribution >= 0.6 is 11.6 Å². The summed E-state index contributed by atoms with van der Waals surface area (Å²) in [5.74, 6) is 0.536. The molecule has 16 heavy (non-hydrogen) atoms. The molecule has 0 heterocycles. The Labute approximate surface area is 101 Å². The molecule has 1 aliphatic rings. The Hall–Kier alpha value is -1.02. The summed E-state index contributed by atoms with van der Waals surface area (Å²) in [6.07, 6.45) is 2.53. The first-order valence-corrected chi connectivity index (χ1v) is 6.17. The summed E-state index contributed by atoms with van der Waals surface area (Å²) in [7, 11) is 1.88. The second-order valence-corrected chi connectivity index (χ2v) is 4.57. The first kappa shape index (κ1) is 11.5. The Morgan fingerprint density at radius 1 is 1.50 bits per heavy atom. The van der Waals surface area contributed by atoms with E-state index in [9.17, 15) is 4.79 Å². The van der Waals surface area contributed by atoms with Crippen molar-refractivity contribution in [2.45, 2.75) is 25.3 Å². The molecule has 1 aromatic carbocycles. The standard InChI is InChI=1S/C13H16ClNO/c1-15(13(16)8-9-14)12-7-6-10-4-2-3-5-11(10)12/h2-5,12H,6-9H2,1H3. The first-order valence-electron chi connectivity index (χ1n) is 5.63. The van der Waals surface area contributed by atoms with Crippen LogP contribution in [0, 0.1) is 0 Å². The van der Waals surface area contributed by atoms with Crippen LogP contribution in [0.3, 0.4) is 0 Å². The van der Waals surface area contributed by atoms with Gasteiger partial charge in [0.2, 0.25) is 5.91 Å². The highest BCUT2D eigenvalue weighted by atomic mass is 35.5. The van der Waals surface area contributed by atoms with E-state index in [1.807, 2.05) is 18.0 Å². The summed E-state index contributed by atoms with van der Waals surface area (Å²) in [5.41, 5.74) is 2.67. The molecule has 1 amide bonds. The number of hydrogen-bond acceptors (Lipinski definition) is 1. The van der Waals surface area contributed by atoms with E-state index in [1.165, 1.54) is 11.1 Å². The molecule has 1 aliphatic carbocycles. The van der Waals surface area contributed by atoms with E-state index in [2.05, 4.69) is 18.2 Å². The molecule has 3 heteroatoms. The molecule has 86 valence electrons. The molecule has 1 unspecified atom stereocenters. The van der Waals surface area contributed by atoms with Crippen LogP contribution in [-0.4, -0.2) is 23.7 Å². The zero-order chi connectivity index (χ0) is 11.5. The van der Waals surface area contributed by atoms with Crippen LogP contribution in [0.5, 0.6) is 0 Å². The summed E-state index contributed by atoms with van der Waals surface area (Å²) < 4.78 is 0. The molecule has 0 aromatic heterocycles. The van der Waals surface area contributed by atoms with Crippen LogP contribution in [0.1, 0.15) is 30.0 Å². The molecule has 0 radical (unpaired) electrons. The van der Waals surface area contributed by atoms with Crippen LogP contribution < -0.4 is 0 Å². The maximum Gasteiger partial charge on any atom is 0.224 e. The first-order chi connectivity index (χ1) is 7.74. The average Bonchev–Trinajstić information content (AvgIpc) is 2.72. The number of nitrogens with zero attached hydrogens (tertiary/aromatic N) is 1. The minimum atomic E-state index is 0.136. The zero-order valence-corrected chi connectivity index (χ0v) is 10.2. The highest BCUT2D eigenvalue weighted by molar-refractivity contribution is 6.18. The van der Waals surface area contributed by atoms with Gasteiger partial charge in [0, 0.05) is 19.3 Å². The van der Waals surface area contributed by atoms with Gasteiger partial charge in [-0.15, -0.1) is 11.6 Å². The predicted molar refractivity (Wildman–Crippen MR) is 65.6 cm³/mol. The van der Waals surface area contributed by atoms with Gasteiger partial charge in [0.05, 0.1) is 6.04 Å². The number of benzene rings is 1. The normalized spacial score (nSPS) is 18.2. The largest absolute Gasteiger partial charge is 0.339 e. The van der Waals surface area contributed by atoms with Gasteiger partial charge in [0.25, 0.3) is 0 Å². The van der Waals surface area contributed by atoms with E-state index < -0.39 is 0 Å². The van der Waals surface area contributed by atoms with Crippen molar-refractivity contribution in [2.75, 3.05) is 12.9 Å². The van der Waals surface area contributed by atoms with E-state index in [0.717, 1.165) is 12.8 Å². The van der Waals surface area contributed by atoms with Gasteiger partial charge in [-0.25, -0.2) is 0 Å². The summed E-state index contributed by atoms with van der Waals surface area (Å²) in [4.78, 5) is 13.6. The molecule has 0 aliphatic heterocycles. The number of rotatable bonds is 3. The van der Waals surface area contributed by atoms with E-state index >= 15 is 0 Å². The van der Waals surface area contributed by atoms with Crippen LogP contribution in [0.4, 0.5) is 0 Å². The maximum absolute atomic E-state index is 11.8. The lowest BCUT2D eigenvalue weighted by Crippen LogP contribution is -2.30. The Morgan fingerprint density at radius 3 is 3.00 bits per heavy atom. The fourth-order valence-corrected chi connectivity index (χ4v) is 2.53. The SMILES string of the molecule is CN(C(=O)CCCl)C1CCc2ccccc21. The number of hydrogen-bond donors (Lipinski definition) is 0. The summed E-state index contributed by atoms with van der Waals surface area (Å²) in [5, 5.41) is 0. The zero-order valence-electron chi connectivity index (χ0n) is 9.45. The van der Waals surface area contributed by atoms with Gasteiger partial charge in [-0.05, 0) is 24.0 Å². The quantitative estimate of drug-likeness (QED) is 0.741. The molecule has 0 spiro atoms. The van der Waals surface area contributed by atoms with E-state index in [1.54, 1.807) is 0 Å². The van der Waals surface area contributed by atoms with E-state index in [-0.39, 0.29) is 11.9 Å².